The quantitative estimate of drug-likeness (QED) is 0.833. The van der Waals surface area contributed by atoms with Crippen LogP contribution < -0.4 is 9.64 Å². The van der Waals surface area contributed by atoms with Crippen LogP contribution in [0.25, 0.3) is 0 Å². The first-order chi connectivity index (χ1) is 12.1. The summed E-state index contributed by atoms with van der Waals surface area (Å²) in [4.78, 5) is 18.4. The van der Waals surface area contributed by atoms with Gasteiger partial charge in [-0.15, -0.1) is 0 Å². The highest BCUT2D eigenvalue weighted by atomic mass is 16.5. The van der Waals surface area contributed by atoms with Crippen molar-refractivity contribution in [2.45, 2.75) is 39.3 Å². The number of hydrogen-bond donors (Lipinski definition) is 0. The monoisotopic (exact) mass is 341 g/mol. The third-order valence-corrected chi connectivity index (χ3v) is 4.62. The second-order valence-electron chi connectivity index (χ2n) is 6.86. The molecule has 0 N–H and O–H groups in total. The summed E-state index contributed by atoms with van der Waals surface area (Å²) in [6.07, 6.45) is 1.87. The first kappa shape index (κ1) is 17.6. The van der Waals surface area contributed by atoms with Crippen molar-refractivity contribution in [2.75, 3.05) is 31.6 Å². The fourth-order valence-electron chi connectivity index (χ4n) is 3.12. The summed E-state index contributed by atoms with van der Waals surface area (Å²) < 4.78 is 5.22. The molecule has 134 valence electrons. The highest BCUT2D eigenvalue weighted by Crippen LogP contribution is 2.20. The van der Waals surface area contributed by atoms with E-state index in [9.17, 15) is 0 Å². The van der Waals surface area contributed by atoms with Crippen LogP contribution in [0.4, 0.5) is 5.82 Å². The number of ether oxygens (including phenoxy) is 1. The molecule has 2 aromatic rings. The van der Waals surface area contributed by atoms with Crippen molar-refractivity contribution in [3.05, 3.63) is 42.0 Å². The van der Waals surface area contributed by atoms with Gasteiger partial charge in [0.1, 0.15) is 11.6 Å². The molecule has 1 aliphatic rings. The average Bonchev–Trinajstić information content (AvgIpc) is 2.63. The first-order valence-corrected chi connectivity index (χ1v) is 8.88. The smallest absolute Gasteiger partial charge is 0.213 e. The number of methoxy groups -OCH3 is 1. The van der Waals surface area contributed by atoms with Crippen molar-refractivity contribution < 1.29 is 4.74 Å². The Morgan fingerprint density at radius 1 is 1.20 bits per heavy atom. The van der Waals surface area contributed by atoms with E-state index < -0.39 is 0 Å². The molecule has 0 aliphatic carbocycles. The zero-order chi connectivity index (χ0) is 17.8. The number of anilines is 1. The summed E-state index contributed by atoms with van der Waals surface area (Å²) in [5.41, 5.74) is 1.05. The van der Waals surface area contributed by atoms with Crippen molar-refractivity contribution in [1.82, 2.24) is 19.9 Å². The van der Waals surface area contributed by atoms with Gasteiger partial charge in [0.25, 0.3) is 0 Å². The summed E-state index contributed by atoms with van der Waals surface area (Å²) in [6.45, 7) is 10.3. The summed E-state index contributed by atoms with van der Waals surface area (Å²) >= 11 is 0. The lowest BCUT2D eigenvalue weighted by Crippen LogP contribution is -2.51. The Labute approximate surface area is 149 Å². The number of hydrogen-bond acceptors (Lipinski definition) is 6. The highest BCUT2D eigenvalue weighted by molar-refractivity contribution is 5.38. The van der Waals surface area contributed by atoms with Gasteiger partial charge in [0.2, 0.25) is 5.88 Å². The van der Waals surface area contributed by atoms with E-state index in [2.05, 4.69) is 46.6 Å². The Morgan fingerprint density at radius 3 is 2.76 bits per heavy atom. The zero-order valence-electron chi connectivity index (χ0n) is 15.5. The van der Waals surface area contributed by atoms with Crippen molar-refractivity contribution >= 4 is 5.82 Å². The molecule has 0 radical (unpaired) electrons. The zero-order valence-corrected chi connectivity index (χ0v) is 15.5. The minimum absolute atomic E-state index is 0.345. The SMILES string of the molecule is COc1cccc(CN2CCN(c3ccnc(C(C)C)n3)CC2C)n1. The maximum atomic E-state index is 5.22. The van der Waals surface area contributed by atoms with Crippen LogP contribution in [0.2, 0.25) is 0 Å². The van der Waals surface area contributed by atoms with Crippen molar-refractivity contribution in [3.63, 3.8) is 0 Å². The predicted molar refractivity (Wildman–Crippen MR) is 99.0 cm³/mol. The summed E-state index contributed by atoms with van der Waals surface area (Å²) in [6, 6.07) is 8.38. The number of nitrogens with zero attached hydrogens (tertiary/aromatic N) is 5. The van der Waals surface area contributed by atoms with Crippen molar-refractivity contribution in [3.8, 4) is 5.88 Å². The number of pyridine rings is 1. The van der Waals surface area contributed by atoms with E-state index in [0.717, 1.165) is 43.5 Å². The maximum absolute atomic E-state index is 5.22. The van der Waals surface area contributed by atoms with E-state index in [4.69, 9.17) is 9.72 Å². The lowest BCUT2D eigenvalue weighted by Gasteiger charge is -2.40. The topological polar surface area (TPSA) is 54.4 Å². The molecule has 0 spiro atoms. The van der Waals surface area contributed by atoms with E-state index in [1.54, 1.807) is 7.11 Å². The Morgan fingerprint density at radius 2 is 2.04 bits per heavy atom. The van der Waals surface area contributed by atoms with Crippen molar-refractivity contribution in [2.24, 2.45) is 0 Å². The van der Waals surface area contributed by atoms with Gasteiger partial charge in [0.05, 0.1) is 12.8 Å². The lowest BCUT2D eigenvalue weighted by molar-refractivity contribution is 0.178. The molecule has 1 aliphatic heterocycles. The van der Waals surface area contributed by atoms with Gasteiger partial charge in [-0.05, 0) is 19.1 Å². The Balaban J connectivity index is 1.65. The van der Waals surface area contributed by atoms with Crippen LogP contribution >= 0.6 is 0 Å². The second-order valence-corrected chi connectivity index (χ2v) is 6.86. The minimum atomic E-state index is 0.345. The average molecular weight is 341 g/mol. The van der Waals surface area contributed by atoms with E-state index in [1.807, 2.05) is 24.4 Å². The molecule has 2 aromatic heterocycles. The van der Waals surface area contributed by atoms with Gasteiger partial charge in [0.15, 0.2) is 0 Å². The van der Waals surface area contributed by atoms with Crippen LogP contribution in [0.1, 0.15) is 38.2 Å². The van der Waals surface area contributed by atoms with Crippen molar-refractivity contribution in [1.29, 1.82) is 0 Å². The molecule has 6 heteroatoms. The fraction of sp³-hybridized carbons (Fsp3) is 0.526. The van der Waals surface area contributed by atoms with Crippen LogP contribution in [0.5, 0.6) is 5.88 Å². The van der Waals surface area contributed by atoms with Gasteiger partial charge in [0, 0.05) is 50.4 Å². The molecule has 0 amide bonds. The molecular formula is C19H27N5O. The molecule has 0 bridgehead atoms. The third kappa shape index (κ3) is 4.25. The first-order valence-electron chi connectivity index (χ1n) is 8.88. The van der Waals surface area contributed by atoms with Crippen LogP contribution in [0, 0.1) is 0 Å². The Kier molecular flexibility index (Phi) is 5.48. The molecule has 0 aromatic carbocycles. The molecule has 25 heavy (non-hydrogen) atoms. The normalized spacial score (nSPS) is 18.6. The summed E-state index contributed by atoms with van der Waals surface area (Å²) in [5, 5.41) is 0. The molecule has 1 fully saturated rings. The maximum Gasteiger partial charge on any atom is 0.213 e. The van der Waals surface area contributed by atoms with Crippen LogP contribution in [0.3, 0.4) is 0 Å². The van der Waals surface area contributed by atoms with Gasteiger partial charge in [-0.1, -0.05) is 19.9 Å². The Hall–Kier alpha value is -2.21. The minimum Gasteiger partial charge on any atom is -0.481 e. The van der Waals surface area contributed by atoms with Crippen LogP contribution in [-0.4, -0.2) is 52.6 Å². The summed E-state index contributed by atoms with van der Waals surface area (Å²) in [7, 11) is 1.65. The molecule has 6 nitrogen and oxygen atoms in total. The Bertz CT molecular complexity index is 706. The standard InChI is InChI=1S/C19H27N5O/c1-14(2)19-20-9-8-17(22-19)24-11-10-23(15(3)12-24)13-16-6-5-7-18(21-16)25-4/h5-9,14-15H,10-13H2,1-4H3. The fourth-order valence-corrected chi connectivity index (χ4v) is 3.12. The molecule has 1 atom stereocenters. The number of piperazine rings is 1. The summed E-state index contributed by atoms with van der Waals surface area (Å²) in [5.74, 6) is 2.96. The van der Waals surface area contributed by atoms with E-state index in [-0.39, 0.29) is 0 Å². The van der Waals surface area contributed by atoms with Gasteiger partial charge in [-0.3, -0.25) is 4.90 Å². The van der Waals surface area contributed by atoms with E-state index in [1.165, 1.54) is 0 Å². The third-order valence-electron chi connectivity index (χ3n) is 4.62. The van der Waals surface area contributed by atoms with Gasteiger partial charge >= 0.3 is 0 Å². The largest absolute Gasteiger partial charge is 0.481 e. The highest BCUT2D eigenvalue weighted by Gasteiger charge is 2.25. The van der Waals surface area contributed by atoms with Gasteiger partial charge in [-0.25, -0.2) is 15.0 Å². The lowest BCUT2D eigenvalue weighted by atomic mass is 10.1. The van der Waals surface area contributed by atoms with Gasteiger partial charge < -0.3 is 9.64 Å². The van der Waals surface area contributed by atoms with Crippen LogP contribution in [-0.2, 0) is 6.54 Å². The molecule has 3 heterocycles. The molecular weight excluding hydrogens is 314 g/mol. The number of rotatable bonds is 5. The molecule has 0 saturated carbocycles. The molecule has 3 rings (SSSR count). The van der Waals surface area contributed by atoms with E-state index in [0.29, 0.717) is 17.8 Å². The predicted octanol–water partition coefficient (Wildman–Crippen LogP) is 2.71. The van der Waals surface area contributed by atoms with Crippen LogP contribution in [0.15, 0.2) is 30.5 Å². The molecule has 1 unspecified atom stereocenters. The number of aromatic nitrogens is 3. The second kappa shape index (κ2) is 7.78. The molecule has 1 saturated heterocycles. The van der Waals surface area contributed by atoms with E-state index >= 15 is 0 Å². The van der Waals surface area contributed by atoms with Gasteiger partial charge in [-0.2, -0.15) is 0 Å².